The third-order valence-electron chi connectivity index (χ3n) is 3.23. The van der Waals surface area contributed by atoms with Crippen molar-refractivity contribution in [1.82, 2.24) is 15.0 Å². The van der Waals surface area contributed by atoms with Gasteiger partial charge in [0.1, 0.15) is 17.9 Å². The molecule has 0 spiro atoms. The predicted molar refractivity (Wildman–Crippen MR) is 82.4 cm³/mol. The van der Waals surface area contributed by atoms with Crippen molar-refractivity contribution in [1.29, 1.82) is 0 Å². The fraction of sp³-hybridized carbons (Fsp3) is 0.133. The summed E-state index contributed by atoms with van der Waals surface area (Å²) in [6.45, 7) is 0.341. The lowest BCUT2D eigenvalue weighted by molar-refractivity contribution is -0.384. The number of nitro groups is 1. The Balaban J connectivity index is 1.72. The lowest BCUT2D eigenvalue weighted by atomic mass is 10.2. The van der Waals surface area contributed by atoms with Crippen molar-refractivity contribution < 1.29 is 9.66 Å². The van der Waals surface area contributed by atoms with Crippen LogP contribution in [-0.2, 0) is 6.54 Å². The number of aromatic nitrogens is 3. The van der Waals surface area contributed by atoms with Crippen molar-refractivity contribution in [2.75, 3.05) is 6.61 Å². The second-order valence-corrected chi connectivity index (χ2v) is 4.74. The summed E-state index contributed by atoms with van der Waals surface area (Å²) in [5.41, 5.74) is 0.233. The van der Waals surface area contributed by atoms with E-state index in [0.717, 1.165) is 0 Å². The fourth-order valence-electron chi connectivity index (χ4n) is 2.11. The van der Waals surface area contributed by atoms with Gasteiger partial charge in [-0.1, -0.05) is 23.4 Å². The van der Waals surface area contributed by atoms with Crippen LogP contribution in [0.3, 0.4) is 0 Å². The number of ether oxygens (including phenoxy) is 1. The molecule has 23 heavy (non-hydrogen) atoms. The molecule has 8 nitrogen and oxygen atoms in total. The Morgan fingerprint density at radius 3 is 2.83 bits per heavy atom. The Labute approximate surface area is 130 Å². The topological polar surface area (TPSA) is 100 Å². The van der Waals surface area contributed by atoms with Gasteiger partial charge in [-0.3, -0.25) is 14.9 Å². The molecule has 0 aliphatic carbocycles. The van der Waals surface area contributed by atoms with Gasteiger partial charge in [0.15, 0.2) is 0 Å². The Kier molecular flexibility index (Phi) is 3.96. The molecule has 1 aromatic heterocycles. The lowest BCUT2D eigenvalue weighted by Gasteiger charge is -2.07. The molecular weight excluding hydrogens is 300 g/mol. The summed E-state index contributed by atoms with van der Waals surface area (Å²) >= 11 is 0. The summed E-state index contributed by atoms with van der Waals surface area (Å²) in [6.07, 6.45) is 0. The maximum Gasteiger partial charge on any atom is 0.277 e. The van der Waals surface area contributed by atoms with Gasteiger partial charge in [-0.05, 0) is 18.2 Å². The molecule has 0 saturated heterocycles. The van der Waals surface area contributed by atoms with E-state index in [0.29, 0.717) is 16.7 Å². The van der Waals surface area contributed by atoms with Crippen LogP contribution in [-0.4, -0.2) is 26.5 Å². The quantitative estimate of drug-likeness (QED) is 0.526. The average Bonchev–Trinajstić information content (AvgIpc) is 2.57. The summed E-state index contributed by atoms with van der Waals surface area (Å²) in [6, 6.07) is 12.8. The minimum atomic E-state index is -0.494. The number of rotatable bonds is 5. The average molecular weight is 312 g/mol. The smallest absolute Gasteiger partial charge is 0.277 e. The van der Waals surface area contributed by atoms with Crippen LogP contribution in [0.15, 0.2) is 53.3 Å². The van der Waals surface area contributed by atoms with E-state index in [1.54, 1.807) is 30.3 Å². The number of benzene rings is 2. The number of non-ortho nitro benzene ring substituents is 1. The van der Waals surface area contributed by atoms with Gasteiger partial charge in [-0.15, -0.1) is 5.10 Å². The molecule has 0 N–H and O–H groups in total. The number of nitrogens with zero attached hydrogens (tertiary/aromatic N) is 4. The van der Waals surface area contributed by atoms with E-state index < -0.39 is 4.92 Å². The number of hydrogen-bond donors (Lipinski definition) is 0. The maximum absolute atomic E-state index is 12.2. The minimum absolute atomic E-state index is 0.0508. The van der Waals surface area contributed by atoms with Crippen LogP contribution in [0.2, 0.25) is 0 Å². The number of hydrogen-bond acceptors (Lipinski definition) is 6. The van der Waals surface area contributed by atoms with E-state index in [9.17, 15) is 14.9 Å². The SMILES string of the molecule is O=c1c2ccccc2nnn1CCOc1cccc([N+](=O)[O-])c1. The van der Waals surface area contributed by atoms with Crippen LogP contribution in [0.1, 0.15) is 0 Å². The molecule has 0 aliphatic heterocycles. The first-order valence-corrected chi connectivity index (χ1v) is 6.85. The summed E-state index contributed by atoms with van der Waals surface area (Å²) in [5, 5.41) is 19.0. The summed E-state index contributed by atoms with van der Waals surface area (Å²) < 4.78 is 6.64. The molecule has 8 heteroatoms. The predicted octanol–water partition coefficient (Wildman–Crippen LogP) is 1.78. The molecule has 0 bridgehead atoms. The van der Waals surface area contributed by atoms with Gasteiger partial charge in [0.25, 0.3) is 11.2 Å². The Bertz CT molecular complexity index is 922. The van der Waals surface area contributed by atoms with Crippen molar-refractivity contribution in [2.45, 2.75) is 6.54 Å². The third kappa shape index (κ3) is 3.15. The first-order chi connectivity index (χ1) is 11.1. The van der Waals surface area contributed by atoms with E-state index in [4.69, 9.17) is 4.74 Å². The van der Waals surface area contributed by atoms with Crippen LogP contribution in [0, 0.1) is 10.1 Å². The maximum atomic E-state index is 12.2. The second-order valence-electron chi connectivity index (χ2n) is 4.74. The molecule has 0 unspecified atom stereocenters. The Hall–Kier alpha value is -3.29. The standard InChI is InChI=1S/C15H12N4O4/c20-15-13-6-1-2-7-14(13)16-17-18(15)8-9-23-12-5-3-4-11(10-12)19(21)22/h1-7,10H,8-9H2. The van der Waals surface area contributed by atoms with Crippen LogP contribution in [0.4, 0.5) is 5.69 Å². The first-order valence-electron chi connectivity index (χ1n) is 6.85. The summed E-state index contributed by atoms with van der Waals surface area (Å²) in [5.74, 6) is 0.362. The molecule has 0 saturated carbocycles. The molecule has 1 heterocycles. The van der Waals surface area contributed by atoms with Gasteiger partial charge in [0, 0.05) is 6.07 Å². The lowest BCUT2D eigenvalue weighted by Crippen LogP contribution is -2.26. The van der Waals surface area contributed by atoms with Crippen molar-refractivity contribution in [3.63, 3.8) is 0 Å². The zero-order valence-electron chi connectivity index (χ0n) is 12.0. The molecule has 0 atom stereocenters. The van der Waals surface area contributed by atoms with Gasteiger partial charge in [-0.25, -0.2) is 4.68 Å². The Morgan fingerprint density at radius 2 is 2.00 bits per heavy atom. The zero-order valence-corrected chi connectivity index (χ0v) is 12.0. The Morgan fingerprint density at radius 1 is 1.17 bits per heavy atom. The van der Waals surface area contributed by atoms with E-state index in [-0.39, 0.29) is 24.4 Å². The van der Waals surface area contributed by atoms with E-state index >= 15 is 0 Å². The molecule has 0 aliphatic rings. The van der Waals surface area contributed by atoms with Gasteiger partial charge < -0.3 is 4.74 Å². The molecule has 0 amide bonds. The highest BCUT2D eigenvalue weighted by Gasteiger charge is 2.07. The highest BCUT2D eigenvalue weighted by atomic mass is 16.6. The van der Waals surface area contributed by atoms with Gasteiger partial charge in [0.2, 0.25) is 0 Å². The minimum Gasteiger partial charge on any atom is -0.491 e. The molecule has 2 aromatic carbocycles. The monoisotopic (exact) mass is 312 g/mol. The molecule has 116 valence electrons. The van der Waals surface area contributed by atoms with Gasteiger partial charge in [-0.2, -0.15) is 0 Å². The largest absolute Gasteiger partial charge is 0.491 e. The van der Waals surface area contributed by atoms with Gasteiger partial charge in [0.05, 0.1) is 22.9 Å². The van der Waals surface area contributed by atoms with Crippen LogP contribution in [0.5, 0.6) is 5.75 Å². The summed E-state index contributed by atoms with van der Waals surface area (Å²) in [7, 11) is 0. The highest BCUT2D eigenvalue weighted by Crippen LogP contribution is 2.18. The molecule has 3 aromatic rings. The fourth-order valence-corrected chi connectivity index (χ4v) is 2.11. The van der Waals surface area contributed by atoms with Crippen molar-refractivity contribution in [3.8, 4) is 5.75 Å². The first kappa shape index (κ1) is 14.6. The van der Waals surface area contributed by atoms with Crippen molar-refractivity contribution in [3.05, 3.63) is 69.0 Å². The summed E-state index contributed by atoms with van der Waals surface area (Å²) in [4.78, 5) is 22.4. The molecule has 3 rings (SSSR count). The number of fused-ring (bicyclic) bond motifs is 1. The van der Waals surface area contributed by atoms with E-state index in [1.807, 2.05) is 0 Å². The zero-order chi connectivity index (χ0) is 16.2. The molecule has 0 fully saturated rings. The van der Waals surface area contributed by atoms with E-state index in [2.05, 4.69) is 10.3 Å². The second kappa shape index (κ2) is 6.22. The highest BCUT2D eigenvalue weighted by molar-refractivity contribution is 5.76. The van der Waals surface area contributed by atoms with Crippen LogP contribution in [0.25, 0.3) is 10.9 Å². The van der Waals surface area contributed by atoms with Crippen LogP contribution < -0.4 is 10.3 Å². The third-order valence-corrected chi connectivity index (χ3v) is 3.23. The normalized spacial score (nSPS) is 10.6. The van der Waals surface area contributed by atoms with Crippen molar-refractivity contribution in [2.24, 2.45) is 0 Å². The molecular formula is C15H12N4O4. The van der Waals surface area contributed by atoms with Gasteiger partial charge >= 0.3 is 0 Å². The number of nitro benzene ring substituents is 1. The van der Waals surface area contributed by atoms with Crippen LogP contribution >= 0.6 is 0 Å². The molecule has 0 radical (unpaired) electrons. The van der Waals surface area contributed by atoms with E-state index in [1.165, 1.54) is 22.9 Å². The van der Waals surface area contributed by atoms with Crippen molar-refractivity contribution >= 4 is 16.6 Å².